The minimum absolute atomic E-state index is 0.0475. The molecule has 0 bridgehead atoms. The number of hydrogen-bond donors (Lipinski definition) is 1. The van der Waals surface area contributed by atoms with Gasteiger partial charge in [-0.2, -0.15) is 0 Å². The third-order valence-electron chi connectivity index (χ3n) is 3.76. The molecule has 0 radical (unpaired) electrons. The van der Waals surface area contributed by atoms with E-state index in [2.05, 4.69) is 10.2 Å². The summed E-state index contributed by atoms with van der Waals surface area (Å²) in [7, 11) is 0. The van der Waals surface area contributed by atoms with E-state index in [-0.39, 0.29) is 24.2 Å². The van der Waals surface area contributed by atoms with Crippen molar-refractivity contribution in [3.8, 4) is 0 Å². The van der Waals surface area contributed by atoms with Gasteiger partial charge in [0.25, 0.3) is 0 Å². The lowest BCUT2D eigenvalue weighted by molar-refractivity contribution is -0.131. The lowest BCUT2D eigenvalue weighted by Crippen LogP contribution is -2.53. The first-order valence-corrected chi connectivity index (χ1v) is 7.75. The number of amides is 1. The van der Waals surface area contributed by atoms with Crippen molar-refractivity contribution in [1.82, 2.24) is 10.2 Å². The molecule has 116 valence electrons. The maximum absolute atomic E-state index is 12.3. The predicted molar refractivity (Wildman–Crippen MR) is 84.3 cm³/mol. The van der Waals surface area contributed by atoms with Crippen molar-refractivity contribution in [3.05, 3.63) is 34.9 Å². The molecule has 1 aliphatic rings. The van der Waals surface area contributed by atoms with E-state index in [1.807, 2.05) is 45.0 Å². The van der Waals surface area contributed by atoms with Crippen molar-refractivity contribution in [1.29, 1.82) is 0 Å². The molecule has 0 aliphatic carbocycles. The summed E-state index contributed by atoms with van der Waals surface area (Å²) in [5, 5.41) is 3.68. The Morgan fingerprint density at radius 2 is 1.90 bits per heavy atom. The Bertz CT molecular complexity index is 468. The Kier molecular flexibility index (Phi) is 5.62. The Labute approximate surface area is 131 Å². The molecular weight excluding hydrogens is 288 g/mol. The van der Waals surface area contributed by atoms with E-state index in [4.69, 9.17) is 16.3 Å². The highest BCUT2D eigenvalue weighted by Gasteiger charge is 2.28. The van der Waals surface area contributed by atoms with Crippen molar-refractivity contribution in [3.63, 3.8) is 0 Å². The number of rotatable bonds is 4. The zero-order valence-electron chi connectivity index (χ0n) is 12.8. The first-order valence-electron chi connectivity index (χ1n) is 7.37. The van der Waals surface area contributed by atoms with Crippen LogP contribution in [0.5, 0.6) is 0 Å². The number of ether oxygens (including phenoxy) is 1. The van der Waals surface area contributed by atoms with Crippen LogP contribution in [0.4, 0.5) is 0 Å². The minimum atomic E-state index is -0.147. The Morgan fingerprint density at radius 3 is 2.48 bits per heavy atom. The smallest absolute Gasteiger partial charge is 0.237 e. The first-order chi connectivity index (χ1) is 9.95. The van der Waals surface area contributed by atoms with Gasteiger partial charge in [-0.05, 0) is 38.5 Å². The number of nitrogens with zero attached hydrogens (tertiary/aromatic N) is 1. The fourth-order valence-corrected chi connectivity index (χ4v) is 2.76. The van der Waals surface area contributed by atoms with Crippen LogP contribution in [-0.4, -0.2) is 42.1 Å². The van der Waals surface area contributed by atoms with Crippen LogP contribution in [0.3, 0.4) is 0 Å². The molecule has 0 spiro atoms. The molecule has 21 heavy (non-hydrogen) atoms. The summed E-state index contributed by atoms with van der Waals surface area (Å²) in [5.41, 5.74) is 1.05. The van der Waals surface area contributed by atoms with Gasteiger partial charge in [-0.25, -0.2) is 0 Å². The monoisotopic (exact) mass is 310 g/mol. The number of carbonyl (C=O) groups excluding carboxylic acids is 1. The van der Waals surface area contributed by atoms with Gasteiger partial charge in [-0.3, -0.25) is 9.69 Å². The molecule has 1 fully saturated rings. The summed E-state index contributed by atoms with van der Waals surface area (Å²) in [6, 6.07) is 7.36. The number of hydrogen-bond acceptors (Lipinski definition) is 3. The molecule has 0 saturated carbocycles. The van der Waals surface area contributed by atoms with Crippen molar-refractivity contribution >= 4 is 17.5 Å². The van der Waals surface area contributed by atoms with Gasteiger partial charge in [0.2, 0.25) is 5.91 Å². The van der Waals surface area contributed by atoms with Gasteiger partial charge in [0.1, 0.15) is 0 Å². The SMILES string of the molecule is CC1CN(C(C)C(=O)NCc2ccc(Cl)cc2)CC(C)O1. The molecule has 3 unspecified atom stereocenters. The molecular formula is C16H23ClN2O2. The molecule has 1 aromatic rings. The fourth-order valence-electron chi connectivity index (χ4n) is 2.64. The van der Waals surface area contributed by atoms with E-state index in [1.165, 1.54) is 0 Å². The maximum atomic E-state index is 12.3. The van der Waals surface area contributed by atoms with E-state index in [0.717, 1.165) is 18.7 Å². The summed E-state index contributed by atoms with van der Waals surface area (Å²) >= 11 is 5.85. The second-order valence-electron chi connectivity index (χ2n) is 5.73. The van der Waals surface area contributed by atoms with Gasteiger partial charge in [0.05, 0.1) is 18.2 Å². The summed E-state index contributed by atoms with van der Waals surface area (Å²) in [6.45, 7) is 8.14. The first kappa shape index (κ1) is 16.3. The number of benzene rings is 1. The van der Waals surface area contributed by atoms with Crippen LogP contribution in [-0.2, 0) is 16.1 Å². The largest absolute Gasteiger partial charge is 0.373 e. The second kappa shape index (κ2) is 7.25. The minimum Gasteiger partial charge on any atom is -0.373 e. The Hall–Kier alpha value is -1.10. The molecule has 1 saturated heterocycles. The molecule has 4 nitrogen and oxygen atoms in total. The molecule has 5 heteroatoms. The quantitative estimate of drug-likeness (QED) is 0.929. The van der Waals surface area contributed by atoms with Crippen LogP contribution < -0.4 is 5.32 Å². The van der Waals surface area contributed by atoms with Crippen LogP contribution in [0.1, 0.15) is 26.3 Å². The lowest BCUT2D eigenvalue weighted by Gasteiger charge is -2.38. The van der Waals surface area contributed by atoms with Crippen molar-refractivity contribution in [2.24, 2.45) is 0 Å². The van der Waals surface area contributed by atoms with Gasteiger partial charge in [-0.1, -0.05) is 23.7 Å². The van der Waals surface area contributed by atoms with Crippen molar-refractivity contribution in [2.75, 3.05) is 13.1 Å². The number of halogens is 1. The van der Waals surface area contributed by atoms with Crippen LogP contribution in [0.2, 0.25) is 5.02 Å². The molecule has 1 aromatic carbocycles. The Morgan fingerprint density at radius 1 is 1.33 bits per heavy atom. The highest BCUT2D eigenvalue weighted by Crippen LogP contribution is 2.14. The van der Waals surface area contributed by atoms with Crippen LogP contribution in [0, 0.1) is 0 Å². The summed E-state index contributed by atoms with van der Waals surface area (Å²) in [4.78, 5) is 14.5. The highest BCUT2D eigenvalue weighted by molar-refractivity contribution is 6.30. The van der Waals surface area contributed by atoms with Crippen LogP contribution in [0.15, 0.2) is 24.3 Å². The normalized spacial score (nSPS) is 24.6. The van der Waals surface area contributed by atoms with E-state index in [1.54, 1.807) is 0 Å². The average molecular weight is 311 g/mol. The molecule has 3 atom stereocenters. The fraction of sp³-hybridized carbons (Fsp3) is 0.562. The van der Waals surface area contributed by atoms with Gasteiger partial charge >= 0.3 is 0 Å². The molecule has 0 aromatic heterocycles. The predicted octanol–water partition coefficient (Wildman–Crippen LogP) is 2.45. The second-order valence-corrected chi connectivity index (χ2v) is 6.17. The van der Waals surface area contributed by atoms with E-state index in [9.17, 15) is 4.79 Å². The van der Waals surface area contributed by atoms with E-state index in [0.29, 0.717) is 11.6 Å². The topological polar surface area (TPSA) is 41.6 Å². The summed E-state index contributed by atoms with van der Waals surface area (Å²) in [5.74, 6) is 0.0475. The average Bonchev–Trinajstić information content (AvgIpc) is 2.44. The number of nitrogens with one attached hydrogen (secondary N) is 1. The Balaban J connectivity index is 1.86. The number of carbonyl (C=O) groups is 1. The molecule has 1 aliphatic heterocycles. The lowest BCUT2D eigenvalue weighted by atomic mass is 10.1. The van der Waals surface area contributed by atoms with Gasteiger partial charge < -0.3 is 10.1 Å². The zero-order valence-corrected chi connectivity index (χ0v) is 13.6. The summed E-state index contributed by atoms with van der Waals surface area (Å²) < 4.78 is 5.70. The zero-order chi connectivity index (χ0) is 15.4. The molecule has 1 N–H and O–H groups in total. The van der Waals surface area contributed by atoms with E-state index < -0.39 is 0 Å². The van der Waals surface area contributed by atoms with Crippen molar-refractivity contribution < 1.29 is 9.53 Å². The number of morpholine rings is 1. The van der Waals surface area contributed by atoms with Crippen LogP contribution in [0.25, 0.3) is 0 Å². The third kappa shape index (κ3) is 4.70. The van der Waals surface area contributed by atoms with Gasteiger partial charge in [0, 0.05) is 24.7 Å². The van der Waals surface area contributed by atoms with E-state index >= 15 is 0 Å². The van der Waals surface area contributed by atoms with Crippen LogP contribution >= 0.6 is 11.6 Å². The van der Waals surface area contributed by atoms with Gasteiger partial charge in [0.15, 0.2) is 0 Å². The maximum Gasteiger partial charge on any atom is 0.237 e. The summed E-state index contributed by atoms with van der Waals surface area (Å²) in [6.07, 6.45) is 0.334. The molecule has 2 rings (SSSR count). The molecule has 1 amide bonds. The standard InChI is InChI=1S/C16H23ClN2O2/c1-11-9-19(10-12(2)21-11)13(3)16(20)18-8-14-4-6-15(17)7-5-14/h4-7,11-13H,8-10H2,1-3H3,(H,18,20). The van der Waals surface area contributed by atoms with Gasteiger partial charge in [-0.15, -0.1) is 0 Å². The third-order valence-corrected chi connectivity index (χ3v) is 4.01. The highest BCUT2D eigenvalue weighted by atomic mass is 35.5. The van der Waals surface area contributed by atoms with Crippen molar-refractivity contribution in [2.45, 2.75) is 45.6 Å². The molecule has 1 heterocycles.